The number of benzene rings is 2. The highest BCUT2D eigenvalue weighted by atomic mass is 32.1. The molecular formula is C27H25N5O2S. The van der Waals surface area contributed by atoms with Gasteiger partial charge in [-0.15, -0.1) is 0 Å². The quantitative estimate of drug-likeness (QED) is 0.408. The molecule has 2 aliphatic rings. The molecule has 2 aliphatic heterocycles. The fourth-order valence-corrected chi connectivity index (χ4v) is 5.10. The first-order valence-corrected chi connectivity index (χ1v) is 11.9. The Morgan fingerprint density at radius 1 is 0.943 bits per heavy atom. The van der Waals surface area contributed by atoms with Gasteiger partial charge in [0.25, 0.3) is 0 Å². The summed E-state index contributed by atoms with van der Waals surface area (Å²) in [6, 6.07) is 24.4. The van der Waals surface area contributed by atoms with Crippen molar-refractivity contribution in [1.29, 1.82) is 0 Å². The number of ether oxygens (including phenoxy) is 2. The SMILES string of the molecule is CN(C)c1ccc(-n2cccc2[C@@H]2[C@@H](c3ccccn3)NC(=S)N2c2ccc3c(c2)OCO3)cc1. The lowest BCUT2D eigenvalue weighted by molar-refractivity contribution is 0.174. The predicted octanol–water partition coefficient (Wildman–Crippen LogP) is 4.84. The molecule has 2 aromatic heterocycles. The van der Waals surface area contributed by atoms with E-state index >= 15 is 0 Å². The van der Waals surface area contributed by atoms with Crippen molar-refractivity contribution >= 4 is 28.7 Å². The van der Waals surface area contributed by atoms with Crippen LogP contribution in [0.5, 0.6) is 11.5 Å². The second-order valence-electron chi connectivity index (χ2n) is 8.75. The largest absolute Gasteiger partial charge is 0.454 e. The van der Waals surface area contributed by atoms with Crippen LogP contribution in [-0.4, -0.2) is 35.6 Å². The van der Waals surface area contributed by atoms with Gasteiger partial charge in [-0.05, 0) is 72.9 Å². The van der Waals surface area contributed by atoms with Gasteiger partial charge >= 0.3 is 0 Å². The molecule has 1 N–H and O–H groups in total. The second-order valence-corrected chi connectivity index (χ2v) is 9.13. The Hall–Kier alpha value is -4.04. The zero-order valence-electron chi connectivity index (χ0n) is 19.5. The van der Waals surface area contributed by atoms with Gasteiger partial charge in [-0.2, -0.15) is 0 Å². The van der Waals surface area contributed by atoms with E-state index in [0.29, 0.717) is 5.11 Å². The number of pyridine rings is 1. The zero-order valence-corrected chi connectivity index (χ0v) is 20.3. The summed E-state index contributed by atoms with van der Waals surface area (Å²) in [5.41, 5.74) is 5.20. The van der Waals surface area contributed by atoms with Crippen molar-refractivity contribution in [3.63, 3.8) is 0 Å². The predicted molar refractivity (Wildman–Crippen MR) is 141 cm³/mol. The van der Waals surface area contributed by atoms with Crippen molar-refractivity contribution in [3.8, 4) is 17.2 Å². The molecule has 1 fully saturated rings. The highest BCUT2D eigenvalue weighted by Gasteiger charge is 2.42. The Kier molecular flexibility index (Phi) is 5.30. The minimum atomic E-state index is -0.138. The Bertz CT molecular complexity index is 1370. The Morgan fingerprint density at radius 2 is 1.74 bits per heavy atom. The normalized spacial score (nSPS) is 18.6. The van der Waals surface area contributed by atoms with Gasteiger partial charge in [-0.3, -0.25) is 4.98 Å². The summed E-state index contributed by atoms with van der Waals surface area (Å²) in [5.74, 6) is 1.47. The molecule has 6 rings (SSSR count). The van der Waals surface area contributed by atoms with Crippen LogP contribution in [0.15, 0.2) is 85.2 Å². The summed E-state index contributed by atoms with van der Waals surface area (Å²) in [6.45, 7) is 0.229. The van der Waals surface area contributed by atoms with E-state index in [9.17, 15) is 0 Å². The monoisotopic (exact) mass is 483 g/mol. The molecule has 176 valence electrons. The highest BCUT2D eigenvalue weighted by Crippen LogP contribution is 2.44. The molecule has 7 nitrogen and oxygen atoms in total. The Balaban J connectivity index is 1.47. The lowest BCUT2D eigenvalue weighted by Gasteiger charge is -2.29. The smallest absolute Gasteiger partial charge is 0.231 e. The average Bonchev–Trinajstić information content (AvgIpc) is 3.62. The van der Waals surface area contributed by atoms with Gasteiger partial charge in [0.1, 0.15) is 6.04 Å². The molecule has 2 atom stereocenters. The van der Waals surface area contributed by atoms with Crippen LogP contribution in [0.2, 0.25) is 0 Å². The molecule has 0 saturated carbocycles. The molecule has 0 amide bonds. The lowest BCUT2D eigenvalue weighted by atomic mass is 10.0. The van der Waals surface area contributed by atoms with Gasteiger partial charge in [0, 0.05) is 55.3 Å². The van der Waals surface area contributed by atoms with Crippen molar-refractivity contribution in [3.05, 3.63) is 96.6 Å². The van der Waals surface area contributed by atoms with E-state index in [1.54, 1.807) is 0 Å². The number of fused-ring (bicyclic) bond motifs is 1. The molecule has 4 heterocycles. The molecule has 8 heteroatoms. The van der Waals surface area contributed by atoms with Crippen LogP contribution in [0, 0.1) is 0 Å². The minimum Gasteiger partial charge on any atom is -0.454 e. The molecule has 35 heavy (non-hydrogen) atoms. The van der Waals surface area contributed by atoms with Gasteiger partial charge in [-0.25, -0.2) is 0 Å². The van der Waals surface area contributed by atoms with E-state index in [-0.39, 0.29) is 18.9 Å². The Morgan fingerprint density at radius 3 is 2.51 bits per heavy atom. The first kappa shape index (κ1) is 21.5. The number of aromatic nitrogens is 2. The summed E-state index contributed by atoms with van der Waals surface area (Å²) in [5, 5.41) is 4.17. The fourth-order valence-electron chi connectivity index (χ4n) is 4.75. The third-order valence-corrected chi connectivity index (χ3v) is 6.77. The molecule has 0 aliphatic carbocycles. The maximum absolute atomic E-state index is 5.88. The number of anilines is 2. The van der Waals surface area contributed by atoms with E-state index < -0.39 is 0 Å². The Labute approximate surface area is 209 Å². The van der Waals surface area contributed by atoms with Gasteiger partial charge in [-0.1, -0.05) is 6.07 Å². The molecule has 2 aromatic carbocycles. The molecule has 0 radical (unpaired) electrons. The summed E-state index contributed by atoms with van der Waals surface area (Å²) < 4.78 is 13.4. The number of hydrogen-bond acceptors (Lipinski definition) is 5. The van der Waals surface area contributed by atoms with Crippen molar-refractivity contribution in [1.82, 2.24) is 14.9 Å². The van der Waals surface area contributed by atoms with Gasteiger partial charge in [0.2, 0.25) is 6.79 Å². The number of nitrogens with one attached hydrogen (secondary N) is 1. The van der Waals surface area contributed by atoms with E-state index in [2.05, 4.69) is 67.3 Å². The number of nitrogens with zero attached hydrogens (tertiary/aromatic N) is 4. The summed E-state index contributed by atoms with van der Waals surface area (Å²) >= 11 is 5.88. The van der Waals surface area contributed by atoms with Crippen LogP contribution in [0.4, 0.5) is 11.4 Å². The highest BCUT2D eigenvalue weighted by molar-refractivity contribution is 7.80. The third-order valence-electron chi connectivity index (χ3n) is 6.46. The van der Waals surface area contributed by atoms with Crippen molar-refractivity contribution in [2.24, 2.45) is 0 Å². The fraction of sp³-hybridized carbons (Fsp3) is 0.185. The van der Waals surface area contributed by atoms with E-state index in [4.69, 9.17) is 21.7 Å². The van der Waals surface area contributed by atoms with Crippen LogP contribution in [0.25, 0.3) is 5.69 Å². The van der Waals surface area contributed by atoms with E-state index in [1.807, 2.05) is 56.7 Å². The van der Waals surface area contributed by atoms with Crippen LogP contribution in [0.3, 0.4) is 0 Å². The van der Waals surface area contributed by atoms with Crippen molar-refractivity contribution in [2.75, 3.05) is 30.7 Å². The second kappa shape index (κ2) is 8.63. The maximum Gasteiger partial charge on any atom is 0.231 e. The van der Waals surface area contributed by atoms with Crippen LogP contribution >= 0.6 is 12.2 Å². The minimum absolute atomic E-state index is 0.135. The number of thiocarbonyl (C=S) groups is 1. The number of hydrogen-bond donors (Lipinski definition) is 1. The average molecular weight is 484 g/mol. The van der Waals surface area contributed by atoms with Crippen LogP contribution in [0.1, 0.15) is 23.5 Å². The van der Waals surface area contributed by atoms with Gasteiger partial charge in [0.15, 0.2) is 16.6 Å². The number of rotatable bonds is 5. The summed E-state index contributed by atoms with van der Waals surface area (Å²) in [4.78, 5) is 8.91. The molecular weight excluding hydrogens is 458 g/mol. The van der Waals surface area contributed by atoms with Gasteiger partial charge < -0.3 is 29.2 Å². The van der Waals surface area contributed by atoms with E-state index in [0.717, 1.165) is 39.9 Å². The first-order chi connectivity index (χ1) is 17.1. The summed E-state index contributed by atoms with van der Waals surface area (Å²) in [6.07, 6.45) is 3.91. The molecule has 0 bridgehead atoms. The standard InChI is InChI=1S/C27H25N5O2S/c1-30(2)18-8-10-19(11-9-18)31-15-5-7-22(31)26-25(21-6-3-4-14-28-21)29-27(35)32(26)20-12-13-23-24(16-20)34-17-33-23/h3-16,25-26H,17H2,1-2H3,(H,29,35)/t25-,26-/m1/s1. The third kappa shape index (κ3) is 3.76. The summed E-state index contributed by atoms with van der Waals surface area (Å²) in [7, 11) is 4.09. The molecule has 0 spiro atoms. The molecule has 4 aromatic rings. The molecule has 0 unspecified atom stereocenters. The van der Waals surface area contributed by atoms with E-state index in [1.165, 1.54) is 0 Å². The van der Waals surface area contributed by atoms with Crippen molar-refractivity contribution in [2.45, 2.75) is 12.1 Å². The lowest BCUT2D eigenvalue weighted by Crippen LogP contribution is -2.30. The molecule has 1 saturated heterocycles. The maximum atomic E-state index is 5.88. The van der Waals surface area contributed by atoms with Crippen LogP contribution in [-0.2, 0) is 0 Å². The first-order valence-electron chi connectivity index (χ1n) is 11.5. The van der Waals surface area contributed by atoms with Gasteiger partial charge in [0.05, 0.1) is 11.7 Å². The zero-order chi connectivity index (χ0) is 23.9. The van der Waals surface area contributed by atoms with Crippen LogP contribution < -0.4 is 24.6 Å². The topological polar surface area (TPSA) is 54.8 Å². The van der Waals surface area contributed by atoms with Crippen molar-refractivity contribution < 1.29 is 9.47 Å².